The third-order valence-electron chi connectivity index (χ3n) is 3.53. The lowest BCUT2D eigenvalue weighted by atomic mass is 10.1. The lowest BCUT2D eigenvalue weighted by Crippen LogP contribution is -2.27. The molecule has 20 heavy (non-hydrogen) atoms. The Balaban J connectivity index is 0.00000200. The Morgan fingerprint density at radius 1 is 1.05 bits per heavy atom. The van der Waals surface area contributed by atoms with Crippen molar-refractivity contribution in [2.24, 2.45) is 0 Å². The smallest absolute Gasteiger partial charge is 0.127 e. The fraction of sp³-hybridized carbons (Fsp3) is 0.412. The molecule has 0 atom stereocenters. The van der Waals surface area contributed by atoms with Gasteiger partial charge in [-0.05, 0) is 37.0 Å². The molecule has 0 spiro atoms. The van der Waals surface area contributed by atoms with E-state index < -0.39 is 0 Å². The second-order valence-electron chi connectivity index (χ2n) is 4.86. The highest BCUT2D eigenvalue weighted by molar-refractivity contribution is 5.89. The molecule has 0 amide bonds. The van der Waals surface area contributed by atoms with Crippen LogP contribution in [-0.2, 0) is 0 Å². The van der Waals surface area contributed by atoms with E-state index in [0.29, 0.717) is 0 Å². The van der Waals surface area contributed by atoms with Crippen molar-refractivity contribution in [3.63, 3.8) is 0 Å². The molecule has 0 heterocycles. The Bertz CT molecular complexity index is 538. The molecule has 0 aliphatic carbocycles. The number of halogens is 1. The molecule has 110 valence electrons. The van der Waals surface area contributed by atoms with Crippen molar-refractivity contribution in [2.45, 2.75) is 20.8 Å². The number of benzene rings is 2. The molecule has 2 rings (SSSR count). The van der Waals surface area contributed by atoms with Crippen LogP contribution in [0.5, 0.6) is 5.75 Å². The average molecular weight is 294 g/mol. The number of hydrogen-bond donors (Lipinski definition) is 0. The van der Waals surface area contributed by atoms with Crippen molar-refractivity contribution in [2.75, 3.05) is 26.2 Å². The van der Waals surface area contributed by atoms with Gasteiger partial charge < -0.3 is 9.64 Å². The summed E-state index contributed by atoms with van der Waals surface area (Å²) in [6, 6.07) is 12.7. The fourth-order valence-corrected chi connectivity index (χ4v) is 2.36. The summed E-state index contributed by atoms with van der Waals surface area (Å²) in [5.74, 6) is 1.00. The zero-order valence-electron chi connectivity index (χ0n) is 12.6. The average Bonchev–Trinajstić information content (AvgIpc) is 2.43. The molecule has 0 unspecified atom stereocenters. The Labute approximate surface area is 128 Å². The quantitative estimate of drug-likeness (QED) is 0.788. The van der Waals surface area contributed by atoms with Crippen LogP contribution in [0.2, 0.25) is 0 Å². The van der Waals surface area contributed by atoms with Crippen molar-refractivity contribution in [1.29, 1.82) is 0 Å². The van der Waals surface area contributed by atoms with Crippen molar-refractivity contribution in [3.05, 3.63) is 42.0 Å². The summed E-state index contributed by atoms with van der Waals surface area (Å²) >= 11 is 0. The maximum atomic E-state index is 5.99. The monoisotopic (exact) mass is 293 g/mol. The predicted octanol–water partition coefficient (Wildman–Crippen LogP) is 4.29. The second-order valence-corrected chi connectivity index (χ2v) is 4.86. The Morgan fingerprint density at radius 2 is 1.75 bits per heavy atom. The molecule has 0 saturated heterocycles. The summed E-state index contributed by atoms with van der Waals surface area (Å²) in [6.45, 7) is 10.4. The topological polar surface area (TPSA) is 12.5 Å². The highest BCUT2D eigenvalue weighted by atomic mass is 35.5. The molecule has 0 radical (unpaired) electrons. The van der Waals surface area contributed by atoms with Crippen LogP contribution in [0, 0.1) is 6.92 Å². The maximum Gasteiger partial charge on any atom is 0.127 e. The molecule has 0 bridgehead atoms. The third-order valence-corrected chi connectivity index (χ3v) is 3.53. The molecule has 0 fully saturated rings. The number of aryl methyl sites for hydroxylation is 1. The van der Waals surface area contributed by atoms with Crippen LogP contribution in [0.1, 0.15) is 19.4 Å². The van der Waals surface area contributed by atoms with E-state index >= 15 is 0 Å². The predicted molar refractivity (Wildman–Crippen MR) is 89.2 cm³/mol. The number of nitrogens with zero attached hydrogens (tertiary/aromatic N) is 1. The summed E-state index contributed by atoms with van der Waals surface area (Å²) < 4.78 is 5.99. The largest absolute Gasteiger partial charge is 0.492 e. The number of rotatable bonds is 6. The lowest BCUT2D eigenvalue weighted by Gasteiger charge is -2.18. The van der Waals surface area contributed by atoms with Crippen LogP contribution < -0.4 is 4.74 Å². The van der Waals surface area contributed by atoms with Gasteiger partial charge in [-0.25, -0.2) is 0 Å². The summed E-state index contributed by atoms with van der Waals surface area (Å²) in [7, 11) is 0. The summed E-state index contributed by atoms with van der Waals surface area (Å²) in [4.78, 5) is 2.37. The first-order valence-corrected chi connectivity index (χ1v) is 7.09. The number of ether oxygens (including phenoxy) is 1. The van der Waals surface area contributed by atoms with Gasteiger partial charge in [0.2, 0.25) is 0 Å². The van der Waals surface area contributed by atoms with E-state index in [1.54, 1.807) is 0 Å². The number of hydrogen-bond acceptors (Lipinski definition) is 2. The molecular weight excluding hydrogens is 270 g/mol. The van der Waals surface area contributed by atoms with Crippen LogP contribution >= 0.6 is 12.4 Å². The summed E-state index contributed by atoms with van der Waals surface area (Å²) in [5, 5.41) is 2.45. The van der Waals surface area contributed by atoms with Gasteiger partial charge in [0.1, 0.15) is 12.4 Å². The normalized spacial score (nSPS) is 10.6. The van der Waals surface area contributed by atoms with Gasteiger partial charge >= 0.3 is 0 Å². The van der Waals surface area contributed by atoms with Crippen molar-refractivity contribution in [1.82, 2.24) is 4.90 Å². The van der Waals surface area contributed by atoms with E-state index in [-0.39, 0.29) is 12.4 Å². The highest BCUT2D eigenvalue weighted by Gasteiger charge is 2.04. The van der Waals surface area contributed by atoms with E-state index in [9.17, 15) is 0 Å². The second kappa shape index (κ2) is 8.13. The molecule has 2 aromatic carbocycles. The van der Waals surface area contributed by atoms with Crippen molar-refractivity contribution < 1.29 is 4.74 Å². The number of fused-ring (bicyclic) bond motifs is 1. The van der Waals surface area contributed by atoms with Gasteiger partial charge in [-0.3, -0.25) is 0 Å². The van der Waals surface area contributed by atoms with Crippen LogP contribution in [0.4, 0.5) is 0 Å². The molecular formula is C17H24ClNO. The first kappa shape index (κ1) is 16.8. The molecule has 3 heteroatoms. The van der Waals surface area contributed by atoms with E-state index in [1.807, 2.05) is 0 Å². The Morgan fingerprint density at radius 3 is 2.45 bits per heavy atom. The standard InChI is InChI=1S/C17H23NO.ClH/c1-4-18(5-2)10-11-19-17-13-14(3)12-15-8-6-7-9-16(15)17;/h6-9,12-13H,4-5,10-11H2,1-3H3;1H. The molecule has 0 aliphatic rings. The van der Waals surface area contributed by atoms with E-state index in [4.69, 9.17) is 4.74 Å². The first-order valence-electron chi connectivity index (χ1n) is 7.09. The Hall–Kier alpha value is -1.25. The van der Waals surface area contributed by atoms with E-state index in [1.165, 1.54) is 16.3 Å². The van der Waals surface area contributed by atoms with Gasteiger partial charge in [0.15, 0.2) is 0 Å². The van der Waals surface area contributed by atoms with Gasteiger partial charge in [0.05, 0.1) is 0 Å². The van der Waals surface area contributed by atoms with Crippen molar-refractivity contribution >= 4 is 23.2 Å². The van der Waals surface area contributed by atoms with E-state index in [2.05, 4.69) is 62.1 Å². The van der Waals surface area contributed by atoms with Gasteiger partial charge in [-0.1, -0.05) is 44.2 Å². The molecule has 2 aromatic rings. The SMILES string of the molecule is CCN(CC)CCOc1cc(C)cc2ccccc12.Cl. The summed E-state index contributed by atoms with van der Waals surface area (Å²) in [6.07, 6.45) is 0. The molecule has 0 N–H and O–H groups in total. The minimum absolute atomic E-state index is 0. The van der Waals surface area contributed by atoms with Crippen molar-refractivity contribution in [3.8, 4) is 5.75 Å². The number of likely N-dealkylation sites (N-methyl/N-ethyl adjacent to an activating group) is 1. The Kier molecular flexibility index (Phi) is 6.83. The van der Waals surface area contributed by atoms with E-state index in [0.717, 1.165) is 32.0 Å². The zero-order valence-corrected chi connectivity index (χ0v) is 13.4. The highest BCUT2D eigenvalue weighted by Crippen LogP contribution is 2.27. The maximum absolute atomic E-state index is 5.99. The van der Waals surface area contributed by atoms with Crippen LogP contribution in [-0.4, -0.2) is 31.1 Å². The van der Waals surface area contributed by atoms with Crippen LogP contribution in [0.15, 0.2) is 36.4 Å². The minimum Gasteiger partial charge on any atom is -0.492 e. The summed E-state index contributed by atoms with van der Waals surface area (Å²) in [5.41, 5.74) is 1.25. The molecule has 0 saturated carbocycles. The van der Waals surface area contributed by atoms with Gasteiger partial charge in [0, 0.05) is 11.9 Å². The lowest BCUT2D eigenvalue weighted by molar-refractivity contribution is 0.224. The van der Waals surface area contributed by atoms with Gasteiger partial charge in [-0.2, -0.15) is 0 Å². The molecule has 2 nitrogen and oxygen atoms in total. The van der Waals surface area contributed by atoms with Crippen LogP contribution in [0.3, 0.4) is 0 Å². The van der Waals surface area contributed by atoms with Gasteiger partial charge in [0.25, 0.3) is 0 Å². The zero-order chi connectivity index (χ0) is 13.7. The molecule has 0 aliphatic heterocycles. The minimum atomic E-state index is 0. The first-order chi connectivity index (χ1) is 9.24. The fourth-order valence-electron chi connectivity index (χ4n) is 2.36. The molecule has 0 aromatic heterocycles. The van der Waals surface area contributed by atoms with Crippen LogP contribution in [0.25, 0.3) is 10.8 Å². The third kappa shape index (κ3) is 4.12. The van der Waals surface area contributed by atoms with Gasteiger partial charge in [-0.15, -0.1) is 12.4 Å².